The van der Waals surface area contributed by atoms with Crippen LogP contribution in [0.2, 0.25) is 0 Å². The van der Waals surface area contributed by atoms with E-state index in [-0.39, 0.29) is 12.3 Å². The van der Waals surface area contributed by atoms with Crippen LogP contribution in [0.4, 0.5) is 5.69 Å². The average molecular weight is 316 g/mol. The molecule has 1 amide bonds. The number of hydrogen-bond donors (Lipinski definition) is 0. The summed E-state index contributed by atoms with van der Waals surface area (Å²) < 4.78 is 0.850. The van der Waals surface area contributed by atoms with Crippen LogP contribution in [0.5, 0.6) is 0 Å². The number of allylic oxidation sites excluding steroid dienone is 2. The minimum atomic E-state index is -0.0269. The van der Waals surface area contributed by atoms with E-state index in [1.54, 1.807) is 12.3 Å². The van der Waals surface area contributed by atoms with Gasteiger partial charge in [-0.15, -0.1) is 0 Å². The maximum Gasteiger partial charge on any atom is 0.239 e. The molecule has 0 N–H and O–H groups in total. The SMILES string of the molecule is O=C1CC(=Nc2ccccc2)N=C2C=CC(Br)=CN12. The quantitative estimate of drug-likeness (QED) is 0.785. The number of rotatable bonds is 1. The maximum absolute atomic E-state index is 12.0. The molecule has 0 atom stereocenters. The van der Waals surface area contributed by atoms with Crippen molar-refractivity contribution in [1.82, 2.24) is 4.90 Å². The summed E-state index contributed by atoms with van der Waals surface area (Å²) in [5.74, 6) is 1.12. The lowest BCUT2D eigenvalue weighted by Crippen LogP contribution is -2.38. The van der Waals surface area contributed by atoms with Crippen LogP contribution in [-0.2, 0) is 4.79 Å². The van der Waals surface area contributed by atoms with Gasteiger partial charge in [-0.1, -0.05) is 18.2 Å². The summed E-state index contributed by atoms with van der Waals surface area (Å²) in [5, 5.41) is 0. The first-order valence-corrected chi connectivity index (χ1v) is 6.60. The molecule has 2 aliphatic heterocycles. The molecule has 0 bridgehead atoms. The first-order chi connectivity index (χ1) is 9.22. The van der Waals surface area contributed by atoms with Gasteiger partial charge in [0, 0.05) is 10.7 Å². The average Bonchev–Trinajstić information content (AvgIpc) is 2.41. The molecule has 1 aromatic rings. The minimum absolute atomic E-state index is 0.0269. The van der Waals surface area contributed by atoms with Crippen LogP contribution >= 0.6 is 15.9 Å². The van der Waals surface area contributed by atoms with E-state index in [0.29, 0.717) is 11.7 Å². The summed E-state index contributed by atoms with van der Waals surface area (Å²) in [7, 11) is 0. The molecule has 0 aliphatic carbocycles. The lowest BCUT2D eigenvalue weighted by molar-refractivity contribution is -0.124. The second-order valence-electron chi connectivity index (χ2n) is 4.12. The standard InChI is InChI=1S/C14H10BrN3O/c15-10-6-7-13-17-12(8-14(19)18(13)9-10)16-11-4-2-1-3-5-11/h1-7,9H,8H2. The summed E-state index contributed by atoms with van der Waals surface area (Å²) in [4.78, 5) is 22.4. The fourth-order valence-electron chi connectivity index (χ4n) is 1.87. The molecule has 0 aromatic heterocycles. The highest BCUT2D eigenvalue weighted by Gasteiger charge is 2.25. The molecule has 5 heteroatoms. The van der Waals surface area contributed by atoms with Crippen LogP contribution in [0.15, 0.2) is 63.2 Å². The summed E-state index contributed by atoms with van der Waals surface area (Å²) >= 11 is 3.34. The highest BCUT2D eigenvalue weighted by atomic mass is 79.9. The molecule has 4 nitrogen and oxygen atoms in total. The van der Waals surface area contributed by atoms with Crippen LogP contribution in [0, 0.1) is 0 Å². The van der Waals surface area contributed by atoms with Gasteiger partial charge >= 0.3 is 0 Å². The van der Waals surface area contributed by atoms with E-state index in [2.05, 4.69) is 25.9 Å². The Kier molecular flexibility index (Phi) is 3.13. The van der Waals surface area contributed by atoms with Gasteiger partial charge in [0.15, 0.2) is 0 Å². The van der Waals surface area contributed by atoms with Crippen molar-refractivity contribution in [3.8, 4) is 0 Å². The number of halogens is 1. The predicted molar refractivity (Wildman–Crippen MR) is 78.6 cm³/mol. The number of nitrogens with zero attached hydrogens (tertiary/aromatic N) is 3. The number of hydrogen-bond acceptors (Lipinski definition) is 2. The molecular weight excluding hydrogens is 306 g/mol. The lowest BCUT2D eigenvalue weighted by atomic mass is 10.2. The third kappa shape index (κ3) is 2.56. The van der Waals surface area contributed by atoms with Crippen molar-refractivity contribution in [3.05, 3.63) is 53.2 Å². The summed E-state index contributed by atoms with van der Waals surface area (Å²) in [6, 6.07) is 9.51. The summed E-state index contributed by atoms with van der Waals surface area (Å²) in [5.41, 5.74) is 0.805. The molecular formula is C14H10BrN3O. The number of benzene rings is 1. The summed E-state index contributed by atoms with van der Waals surface area (Å²) in [6.45, 7) is 0. The van der Waals surface area contributed by atoms with Gasteiger partial charge in [0.05, 0.1) is 12.1 Å². The molecule has 0 unspecified atom stereocenters. The normalized spacial score (nSPS) is 20.2. The molecule has 2 heterocycles. The zero-order valence-electron chi connectivity index (χ0n) is 9.95. The molecule has 94 valence electrons. The Morgan fingerprint density at radius 2 is 2.00 bits per heavy atom. The number of carbonyl (C=O) groups is 1. The van der Waals surface area contributed by atoms with Crippen molar-refractivity contribution < 1.29 is 4.79 Å². The van der Waals surface area contributed by atoms with Crippen LogP contribution < -0.4 is 0 Å². The zero-order chi connectivity index (χ0) is 13.2. The van der Waals surface area contributed by atoms with Crippen molar-refractivity contribution in [2.75, 3.05) is 0 Å². The number of aliphatic imine (C=N–C) groups is 2. The highest BCUT2D eigenvalue weighted by molar-refractivity contribution is 9.11. The van der Waals surface area contributed by atoms with E-state index in [0.717, 1.165) is 10.2 Å². The van der Waals surface area contributed by atoms with E-state index in [9.17, 15) is 4.79 Å². The second kappa shape index (κ2) is 4.93. The van der Waals surface area contributed by atoms with Crippen molar-refractivity contribution in [3.63, 3.8) is 0 Å². The van der Waals surface area contributed by atoms with Gasteiger partial charge in [0.25, 0.3) is 0 Å². The van der Waals surface area contributed by atoms with Crippen molar-refractivity contribution in [2.24, 2.45) is 9.98 Å². The van der Waals surface area contributed by atoms with Crippen LogP contribution in [0.25, 0.3) is 0 Å². The monoisotopic (exact) mass is 315 g/mol. The van der Waals surface area contributed by atoms with Gasteiger partial charge in [-0.3, -0.25) is 9.69 Å². The molecule has 2 aliphatic rings. The maximum atomic E-state index is 12.0. The Labute approximate surface area is 119 Å². The lowest BCUT2D eigenvalue weighted by Gasteiger charge is -2.25. The molecule has 0 saturated heterocycles. The molecule has 0 saturated carbocycles. The molecule has 0 spiro atoms. The minimum Gasteiger partial charge on any atom is -0.274 e. The Bertz CT molecular complexity index is 644. The van der Waals surface area contributed by atoms with Crippen molar-refractivity contribution in [2.45, 2.75) is 6.42 Å². The van der Waals surface area contributed by atoms with Gasteiger partial charge in [-0.05, 0) is 40.2 Å². The highest BCUT2D eigenvalue weighted by Crippen LogP contribution is 2.21. The largest absolute Gasteiger partial charge is 0.274 e. The van der Waals surface area contributed by atoms with Gasteiger partial charge < -0.3 is 0 Å². The third-order valence-electron chi connectivity index (χ3n) is 2.73. The molecule has 1 aromatic carbocycles. The van der Waals surface area contributed by atoms with E-state index in [1.807, 2.05) is 36.4 Å². The number of amides is 1. The summed E-state index contributed by atoms with van der Waals surface area (Å²) in [6.07, 6.45) is 5.58. The fourth-order valence-corrected chi connectivity index (χ4v) is 2.20. The molecule has 0 radical (unpaired) electrons. The Morgan fingerprint density at radius 1 is 1.21 bits per heavy atom. The predicted octanol–water partition coefficient (Wildman–Crippen LogP) is 3.15. The molecule has 0 fully saturated rings. The van der Waals surface area contributed by atoms with E-state index < -0.39 is 0 Å². The Balaban J connectivity index is 1.96. The van der Waals surface area contributed by atoms with E-state index in [4.69, 9.17) is 0 Å². The second-order valence-corrected chi connectivity index (χ2v) is 5.04. The topological polar surface area (TPSA) is 45.0 Å². The molecule has 3 rings (SSSR count). The molecule has 19 heavy (non-hydrogen) atoms. The third-order valence-corrected chi connectivity index (χ3v) is 3.20. The van der Waals surface area contributed by atoms with Gasteiger partial charge in [-0.25, -0.2) is 9.98 Å². The Morgan fingerprint density at radius 3 is 2.79 bits per heavy atom. The van der Waals surface area contributed by atoms with Gasteiger partial charge in [0.1, 0.15) is 11.7 Å². The van der Waals surface area contributed by atoms with Gasteiger partial charge in [-0.2, -0.15) is 0 Å². The number of para-hydroxylation sites is 1. The van der Waals surface area contributed by atoms with E-state index >= 15 is 0 Å². The smallest absolute Gasteiger partial charge is 0.239 e. The van der Waals surface area contributed by atoms with E-state index in [1.165, 1.54) is 4.90 Å². The fraction of sp³-hybridized carbons (Fsp3) is 0.0714. The first-order valence-electron chi connectivity index (χ1n) is 5.81. The van der Waals surface area contributed by atoms with Gasteiger partial charge in [0.2, 0.25) is 5.91 Å². The van der Waals surface area contributed by atoms with Crippen LogP contribution in [0.3, 0.4) is 0 Å². The number of carbonyl (C=O) groups excluding carboxylic acids is 1. The number of amidine groups is 2. The first kappa shape index (κ1) is 12.0. The van der Waals surface area contributed by atoms with Crippen LogP contribution in [0.1, 0.15) is 6.42 Å². The number of fused-ring (bicyclic) bond motifs is 1. The zero-order valence-corrected chi connectivity index (χ0v) is 11.5. The Hall–Kier alpha value is -2.01. The van der Waals surface area contributed by atoms with Crippen LogP contribution in [-0.4, -0.2) is 22.5 Å². The van der Waals surface area contributed by atoms with Crippen molar-refractivity contribution in [1.29, 1.82) is 0 Å². The van der Waals surface area contributed by atoms with Crippen molar-refractivity contribution >= 4 is 39.2 Å².